The molecule has 0 unspecified atom stereocenters. The van der Waals surface area contributed by atoms with Gasteiger partial charge in [-0.15, -0.1) is 0 Å². The van der Waals surface area contributed by atoms with E-state index < -0.39 is 0 Å². The molecule has 0 saturated carbocycles. The monoisotopic (exact) mass is 290 g/mol. The number of carbonyl (C=O) groups is 1. The molecule has 0 bridgehead atoms. The van der Waals surface area contributed by atoms with Crippen LogP contribution < -0.4 is 5.32 Å². The van der Waals surface area contributed by atoms with Gasteiger partial charge in [0.05, 0.1) is 12.7 Å². The van der Waals surface area contributed by atoms with Crippen molar-refractivity contribution >= 4 is 5.91 Å². The van der Waals surface area contributed by atoms with Gasteiger partial charge >= 0.3 is 0 Å². The van der Waals surface area contributed by atoms with Crippen molar-refractivity contribution in [1.82, 2.24) is 10.2 Å². The van der Waals surface area contributed by atoms with Crippen molar-refractivity contribution in [3.8, 4) is 0 Å². The fourth-order valence-corrected chi connectivity index (χ4v) is 2.63. The summed E-state index contributed by atoms with van der Waals surface area (Å²) in [4.78, 5) is 14.0. The van der Waals surface area contributed by atoms with E-state index in [4.69, 9.17) is 4.74 Å². The molecule has 1 fully saturated rings. The first-order valence-electron chi connectivity index (χ1n) is 7.87. The summed E-state index contributed by atoms with van der Waals surface area (Å²) < 4.78 is 5.95. The normalized spacial score (nSPS) is 16.1. The van der Waals surface area contributed by atoms with Gasteiger partial charge in [0.15, 0.2) is 0 Å². The lowest BCUT2D eigenvalue weighted by molar-refractivity contribution is -0.134. The number of hydrogen-bond acceptors (Lipinski definition) is 3. The zero-order chi connectivity index (χ0) is 14.9. The Labute approximate surface area is 127 Å². The van der Waals surface area contributed by atoms with Gasteiger partial charge in [0.1, 0.15) is 0 Å². The van der Waals surface area contributed by atoms with E-state index in [1.807, 2.05) is 30.1 Å². The minimum absolute atomic E-state index is 0.284. The van der Waals surface area contributed by atoms with Crippen LogP contribution in [0, 0.1) is 0 Å². The summed E-state index contributed by atoms with van der Waals surface area (Å²) >= 11 is 0. The molecule has 1 aromatic carbocycles. The highest BCUT2D eigenvalue weighted by molar-refractivity contribution is 5.76. The summed E-state index contributed by atoms with van der Waals surface area (Å²) in [6, 6.07) is 10.2. The SMILES string of the molecule is CNCCCC(=O)N1CCC(OCc2ccccc2)CC1. The quantitative estimate of drug-likeness (QED) is 0.783. The van der Waals surface area contributed by atoms with E-state index in [-0.39, 0.29) is 12.0 Å². The van der Waals surface area contributed by atoms with E-state index in [2.05, 4.69) is 17.4 Å². The van der Waals surface area contributed by atoms with Crippen molar-refractivity contribution in [1.29, 1.82) is 0 Å². The zero-order valence-corrected chi connectivity index (χ0v) is 12.9. The Morgan fingerprint density at radius 2 is 2.00 bits per heavy atom. The molecule has 0 aliphatic carbocycles. The second kappa shape index (κ2) is 8.80. The summed E-state index contributed by atoms with van der Waals surface area (Å²) in [7, 11) is 1.92. The summed E-state index contributed by atoms with van der Waals surface area (Å²) in [5.74, 6) is 0.284. The molecule has 1 aliphatic heterocycles. The van der Waals surface area contributed by atoms with Crippen LogP contribution >= 0.6 is 0 Å². The molecule has 21 heavy (non-hydrogen) atoms. The molecule has 0 spiro atoms. The zero-order valence-electron chi connectivity index (χ0n) is 12.9. The van der Waals surface area contributed by atoms with E-state index in [1.165, 1.54) is 5.56 Å². The first kappa shape index (κ1) is 16.0. The Kier molecular flexibility index (Phi) is 6.70. The van der Waals surface area contributed by atoms with Gasteiger partial charge in [-0.05, 0) is 38.4 Å². The molecule has 0 atom stereocenters. The molecule has 116 valence electrons. The van der Waals surface area contributed by atoms with Gasteiger partial charge in [-0.1, -0.05) is 30.3 Å². The van der Waals surface area contributed by atoms with Crippen molar-refractivity contribution < 1.29 is 9.53 Å². The second-order valence-electron chi connectivity index (χ2n) is 5.58. The topological polar surface area (TPSA) is 41.6 Å². The summed E-state index contributed by atoms with van der Waals surface area (Å²) in [6.07, 6.45) is 3.75. The molecule has 1 heterocycles. The van der Waals surface area contributed by atoms with Crippen molar-refractivity contribution in [2.75, 3.05) is 26.7 Å². The molecule has 1 amide bonds. The lowest BCUT2D eigenvalue weighted by atomic mass is 10.1. The average Bonchev–Trinajstić information content (AvgIpc) is 2.54. The van der Waals surface area contributed by atoms with Crippen LogP contribution in [0.15, 0.2) is 30.3 Å². The molecule has 0 aromatic heterocycles. The number of benzene rings is 1. The van der Waals surface area contributed by atoms with Crippen molar-refractivity contribution in [2.45, 2.75) is 38.4 Å². The molecular weight excluding hydrogens is 264 g/mol. The molecule has 1 aliphatic rings. The number of ether oxygens (including phenoxy) is 1. The molecule has 4 nitrogen and oxygen atoms in total. The fourth-order valence-electron chi connectivity index (χ4n) is 2.63. The standard InChI is InChI=1S/C17H26N2O2/c1-18-11-5-8-17(20)19-12-9-16(10-13-19)21-14-15-6-3-2-4-7-15/h2-4,6-7,16,18H,5,8-14H2,1H3. The highest BCUT2D eigenvalue weighted by Gasteiger charge is 2.22. The van der Waals surface area contributed by atoms with Gasteiger partial charge in [-0.25, -0.2) is 0 Å². The molecule has 4 heteroatoms. The van der Waals surface area contributed by atoms with Gasteiger partial charge in [-0.2, -0.15) is 0 Å². The predicted octanol–water partition coefficient (Wildman–Crippen LogP) is 2.19. The van der Waals surface area contributed by atoms with E-state index in [9.17, 15) is 4.79 Å². The largest absolute Gasteiger partial charge is 0.373 e. The third kappa shape index (κ3) is 5.48. The average molecular weight is 290 g/mol. The Bertz CT molecular complexity index is 414. The van der Waals surface area contributed by atoms with E-state index in [0.717, 1.165) is 38.9 Å². The van der Waals surface area contributed by atoms with Crippen molar-refractivity contribution in [2.24, 2.45) is 0 Å². The van der Waals surface area contributed by atoms with Crippen LogP contribution in [-0.4, -0.2) is 43.6 Å². The highest BCUT2D eigenvalue weighted by atomic mass is 16.5. The second-order valence-corrected chi connectivity index (χ2v) is 5.58. The molecule has 1 saturated heterocycles. The van der Waals surface area contributed by atoms with Crippen LogP contribution in [0.5, 0.6) is 0 Å². The summed E-state index contributed by atoms with van der Waals surface area (Å²) in [5, 5.41) is 3.07. The number of nitrogens with one attached hydrogen (secondary N) is 1. The lowest BCUT2D eigenvalue weighted by Gasteiger charge is -2.32. The van der Waals surface area contributed by atoms with E-state index in [1.54, 1.807) is 0 Å². The molecule has 2 rings (SSSR count). The third-order valence-corrected chi connectivity index (χ3v) is 3.94. The van der Waals surface area contributed by atoms with Crippen LogP contribution in [-0.2, 0) is 16.1 Å². The Morgan fingerprint density at radius 1 is 1.29 bits per heavy atom. The number of rotatable bonds is 7. The Hall–Kier alpha value is -1.39. The number of piperidine rings is 1. The molecule has 1 N–H and O–H groups in total. The maximum Gasteiger partial charge on any atom is 0.222 e. The first-order valence-corrected chi connectivity index (χ1v) is 7.87. The van der Waals surface area contributed by atoms with E-state index >= 15 is 0 Å². The van der Waals surface area contributed by atoms with Crippen molar-refractivity contribution in [3.63, 3.8) is 0 Å². The van der Waals surface area contributed by atoms with Gasteiger partial charge in [0, 0.05) is 19.5 Å². The lowest BCUT2D eigenvalue weighted by Crippen LogP contribution is -2.40. The smallest absolute Gasteiger partial charge is 0.222 e. The molecule has 0 radical (unpaired) electrons. The van der Waals surface area contributed by atoms with E-state index in [0.29, 0.717) is 13.0 Å². The number of carbonyl (C=O) groups excluding carboxylic acids is 1. The van der Waals surface area contributed by atoms with Crippen LogP contribution in [0.25, 0.3) is 0 Å². The molecule has 1 aromatic rings. The van der Waals surface area contributed by atoms with Gasteiger partial charge in [0.25, 0.3) is 0 Å². The van der Waals surface area contributed by atoms with Gasteiger partial charge in [0.2, 0.25) is 5.91 Å². The number of likely N-dealkylation sites (tertiary alicyclic amines) is 1. The predicted molar refractivity (Wildman–Crippen MR) is 84.0 cm³/mol. The number of amides is 1. The summed E-state index contributed by atoms with van der Waals surface area (Å²) in [5.41, 5.74) is 1.21. The molecular formula is C17H26N2O2. The van der Waals surface area contributed by atoms with Crippen LogP contribution in [0.2, 0.25) is 0 Å². The van der Waals surface area contributed by atoms with Crippen molar-refractivity contribution in [3.05, 3.63) is 35.9 Å². The van der Waals surface area contributed by atoms with Gasteiger partial charge < -0.3 is 15.0 Å². The minimum Gasteiger partial charge on any atom is -0.373 e. The van der Waals surface area contributed by atoms with Crippen LogP contribution in [0.3, 0.4) is 0 Å². The maximum atomic E-state index is 12.0. The Morgan fingerprint density at radius 3 is 2.67 bits per heavy atom. The first-order chi connectivity index (χ1) is 10.3. The third-order valence-electron chi connectivity index (χ3n) is 3.94. The maximum absolute atomic E-state index is 12.0. The van der Waals surface area contributed by atoms with Gasteiger partial charge in [-0.3, -0.25) is 4.79 Å². The summed E-state index contributed by atoms with van der Waals surface area (Å²) in [6.45, 7) is 3.24. The number of hydrogen-bond donors (Lipinski definition) is 1. The minimum atomic E-state index is 0.284. The highest BCUT2D eigenvalue weighted by Crippen LogP contribution is 2.16. The number of nitrogens with zero attached hydrogens (tertiary/aromatic N) is 1. The van der Waals surface area contributed by atoms with Crippen LogP contribution in [0.1, 0.15) is 31.2 Å². The Balaban J connectivity index is 1.65. The fraction of sp³-hybridized carbons (Fsp3) is 0.588. The van der Waals surface area contributed by atoms with Crippen LogP contribution in [0.4, 0.5) is 0 Å².